The van der Waals surface area contributed by atoms with E-state index in [9.17, 15) is 5.11 Å². The number of rotatable bonds is 4. The molecule has 2 unspecified atom stereocenters. The Morgan fingerprint density at radius 3 is 3.00 bits per heavy atom. The van der Waals surface area contributed by atoms with Gasteiger partial charge in [-0.2, -0.15) is 0 Å². The van der Waals surface area contributed by atoms with E-state index in [2.05, 4.69) is 12.2 Å². The van der Waals surface area contributed by atoms with Crippen molar-refractivity contribution in [2.75, 3.05) is 5.88 Å². The lowest BCUT2D eigenvalue weighted by Gasteiger charge is -2.39. The second kappa shape index (κ2) is 5.94. The monoisotopic (exact) mass is 267 g/mol. The molecular formula is C15H22ClNO. The molecule has 1 fully saturated rings. The van der Waals surface area contributed by atoms with Crippen molar-refractivity contribution in [3.05, 3.63) is 29.8 Å². The molecule has 18 heavy (non-hydrogen) atoms. The van der Waals surface area contributed by atoms with Gasteiger partial charge in [-0.1, -0.05) is 31.9 Å². The molecule has 2 nitrogen and oxygen atoms in total. The largest absolute Gasteiger partial charge is 0.508 e. The third-order valence-corrected chi connectivity index (χ3v) is 4.44. The van der Waals surface area contributed by atoms with Gasteiger partial charge in [0.15, 0.2) is 0 Å². The standard InChI is InChI=1S/C15H22ClNO/c1-12-4-3-7-15(9-12,11-16)17-10-13-5-2-6-14(18)8-13/h2,5-6,8,12,17-18H,3-4,7,9-11H2,1H3. The lowest BCUT2D eigenvalue weighted by atomic mass is 9.77. The molecule has 1 saturated carbocycles. The smallest absolute Gasteiger partial charge is 0.115 e. The van der Waals surface area contributed by atoms with Crippen molar-refractivity contribution >= 4 is 11.6 Å². The first-order valence-corrected chi connectivity index (χ1v) is 7.26. The maximum atomic E-state index is 9.46. The van der Waals surface area contributed by atoms with E-state index >= 15 is 0 Å². The Morgan fingerprint density at radius 2 is 2.33 bits per heavy atom. The second-order valence-corrected chi connectivity index (χ2v) is 5.91. The van der Waals surface area contributed by atoms with Crippen LogP contribution >= 0.6 is 11.6 Å². The van der Waals surface area contributed by atoms with Gasteiger partial charge in [0, 0.05) is 18.0 Å². The molecule has 1 aromatic carbocycles. The van der Waals surface area contributed by atoms with E-state index in [4.69, 9.17) is 11.6 Å². The minimum atomic E-state index is 0.0741. The molecule has 3 heteroatoms. The summed E-state index contributed by atoms with van der Waals surface area (Å²) in [5.74, 6) is 1.73. The van der Waals surface area contributed by atoms with Crippen molar-refractivity contribution in [1.82, 2.24) is 5.32 Å². The number of aromatic hydroxyl groups is 1. The molecule has 100 valence electrons. The number of hydrogen-bond donors (Lipinski definition) is 2. The van der Waals surface area contributed by atoms with Gasteiger partial charge in [0.1, 0.15) is 5.75 Å². The normalized spacial score (nSPS) is 28.2. The van der Waals surface area contributed by atoms with Gasteiger partial charge in [-0.25, -0.2) is 0 Å². The molecule has 1 aliphatic carbocycles. The Kier molecular flexibility index (Phi) is 4.52. The molecule has 0 spiro atoms. The number of benzene rings is 1. The summed E-state index contributed by atoms with van der Waals surface area (Å²) in [6.07, 6.45) is 4.86. The van der Waals surface area contributed by atoms with Crippen LogP contribution in [0.25, 0.3) is 0 Å². The van der Waals surface area contributed by atoms with Crippen LogP contribution in [0.1, 0.15) is 38.2 Å². The average Bonchev–Trinajstić information content (AvgIpc) is 2.37. The van der Waals surface area contributed by atoms with Gasteiger partial charge >= 0.3 is 0 Å². The van der Waals surface area contributed by atoms with E-state index in [-0.39, 0.29) is 5.54 Å². The molecule has 2 rings (SSSR count). The molecule has 0 heterocycles. The van der Waals surface area contributed by atoms with Crippen molar-refractivity contribution < 1.29 is 5.11 Å². The van der Waals surface area contributed by atoms with Crippen LogP contribution in [0.4, 0.5) is 0 Å². The number of phenols is 1. The Labute approximate surface area is 114 Å². The van der Waals surface area contributed by atoms with E-state index in [0.29, 0.717) is 11.6 Å². The third-order valence-electron chi connectivity index (χ3n) is 3.93. The summed E-state index contributed by atoms with van der Waals surface area (Å²) in [5.41, 5.74) is 1.18. The van der Waals surface area contributed by atoms with Crippen LogP contribution in [0.5, 0.6) is 5.75 Å². The molecule has 1 aliphatic rings. The highest BCUT2D eigenvalue weighted by Gasteiger charge is 2.33. The quantitative estimate of drug-likeness (QED) is 0.816. The second-order valence-electron chi connectivity index (χ2n) is 5.64. The fourth-order valence-electron chi connectivity index (χ4n) is 2.95. The fourth-order valence-corrected chi connectivity index (χ4v) is 3.28. The predicted molar refractivity (Wildman–Crippen MR) is 76.0 cm³/mol. The van der Waals surface area contributed by atoms with Crippen molar-refractivity contribution in [1.29, 1.82) is 0 Å². The summed E-state index contributed by atoms with van der Waals surface area (Å²) in [6, 6.07) is 7.41. The van der Waals surface area contributed by atoms with E-state index in [1.165, 1.54) is 12.8 Å². The molecule has 0 saturated heterocycles. The minimum Gasteiger partial charge on any atom is -0.508 e. The van der Waals surface area contributed by atoms with Crippen LogP contribution in [0, 0.1) is 5.92 Å². The molecule has 0 amide bonds. The zero-order valence-corrected chi connectivity index (χ0v) is 11.7. The summed E-state index contributed by atoms with van der Waals surface area (Å²) in [4.78, 5) is 0. The molecule has 2 N–H and O–H groups in total. The maximum absolute atomic E-state index is 9.46. The van der Waals surface area contributed by atoms with Gasteiger partial charge in [0.25, 0.3) is 0 Å². The van der Waals surface area contributed by atoms with Gasteiger partial charge < -0.3 is 10.4 Å². The number of nitrogens with one attached hydrogen (secondary N) is 1. The van der Waals surface area contributed by atoms with Crippen molar-refractivity contribution in [2.24, 2.45) is 5.92 Å². The van der Waals surface area contributed by atoms with E-state index in [0.717, 1.165) is 30.9 Å². The Hall–Kier alpha value is -0.730. The molecule has 1 aromatic rings. The lowest BCUT2D eigenvalue weighted by Crippen LogP contribution is -2.49. The molecule has 2 atom stereocenters. The highest BCUT2D eigenvalue weighted by molar-refractivity contribution is 6.18. The molecule has 0 aliphatic heterocycles. The zero-order chi connectivity index (χ0) is 13.0. The highest BCUT2D eigenvalue weighted by Crippen LogP contribution is 2.33. The third kappa shape index (κ3) is 3.39. The topological polar surface area (TPSA) is 32.3 Å². The van der Waals surface area contributed by atoms with Crippen molar-refractivity contribution in [3.8, 4) is 5.75 Å². The van der Waals surface area contributed by atoms with Gasteiger partial charge in [0.2, 0.25) is 0 Å². The van der Waals surface area contributed by atoms with Crippen LogP contribution in [0.2, 0.25) is 0 Å². The lowest BCUT2D eigenvalue weighted by molar-refractivity contribution is 0.207. The van der Waals surface area contributed by atoms with Gasteiger partial charge in [0.05, 0.1) is 0 Å². The van der Waals surface area contributed by atoms with E-state index in [1.807, 2.05) is 12.1 Å². The summed E-state index contributed by atoms with van der Waals surface area (Å²) in [7, 11) is 0. The highest BCUT2D eigenvalue weighted by atomic mass is 35.5. The first kappa shape index (κ1) is 13.7. The Morgan fingerprint density at radius 1 is 1.50 bits per heavy atom. The first-order chi connectivity index (χ1) is 8.63. The Bertz CT molecular complexity index is 396. The van der Waals surface area contributed by atoms with Crippen LogP contribution < -0.4 is 5.32 Å². The van der Waals surface area contributed by atoms with Crippen LogP contribution in [-0.4, -0.2) is 16.5 Å². The molecule has 0 aromatic heterocycles. The number of halogens is 1. The number of hydrogen-bond acceptors (Lipinski definition) is 2. The minimum absolute atomic E-state index is 0.0741. The maximum Gasteiger partial charge on any atom is 0.115 e. The zero-order valence-electron chi connectivity index (χ0n) is 11.0. The van der Waals surface area contributed by atoms with Crippen LogP contribution in [0.15, 0.2) is 24.3 Å². The predicted octanol–water partition coefficient (Wildman–Crippen LogP) is 3.67. The number of alkyl halides is 1. The number of phenolic OH excluding ortho intramolecular Hbond substituents is 1. The summed E-state index contributed by atoms with van der Waals surface area (Å²) in [6.45, 7) is 3.07. The molecule has 0 radical (unpaired) electrons. The van der Waals surface area contributed by atoms with Gasteiger partial charge in [-0.05, 0) is 36.5 Å². The average molecular weight is 268 g/mol. The molecular weight excluding hydrogens is 246 g/mol. The van der Waals surface area contributed by atoms with E-state index < -0.39 is 0 Å². The Balaban J connectivity index is 1.98. The van der Waals surface area contributed by atoms with Crippen LogP contribution in [-0.2, 0) is 6.54 Å². The summed E-state index contributed by atoms with van der Waals surface area (Å²) >= 11 is 6.19. The first-order valence-electron chi connectivity index (χ1n) is 6.72. The van der Waals surface area contributed by atoms with Crippen molar-refractivity contribution in [2.45, 2.75) is 44.7 Å². The van der Waals surface area contributed by atoms with Gasteiger partial charge in [-0.15, -0.1) is 11.6 Å². The summed E-state index contributed by atoms with van der Waals surface area (Å²) < 4.78 is 0. The van der Waals surface area contributed by atoms with Gasteiger partial charge in [-0.3, -0.25) is 0 Å². The SMILES string of the molecule is CC1CCCC(CCl)(NCc2cccc(O)c2)C1. The van der Waals surface area contributed by atoms with E-state index in [1.54, 1.807) is 12.1 Å². The van der Waals surface area contributed by atoms with Crippen LogP contribution in [0.3, 0.4) is 0 Å². The van der Waals surface area contributed by atoms with Crippen molar-refractivity contribution in [3.63, 3.8) is 0 Å². The molecule has 0 bridgehead atoms. The fraction of sp³-hybridized carbons (Fsp3) is 0.600. The summed E-state index contributed by atoms with van der Waals surface area (Å²) in [5, 5.41) is 13.1.